The summed E-state index contributed by atoms with van der Waals surface area (Å²) in [5.41, 5.74) is 5.79. The number of aromatic hydroxyl groups is 1. The number of phenols is 1. The topological polar surface area (TPSA) is 194 Å². The number of anilines is 5. The van der Waals surface area contributed by atoms with Crippen LogP contribution in [0.4, 0.5) is 40.6 Å². The van der Waals surface area contributed by atoms with E-state index in [0.717, 1.165) is 22.9 Å². The number of hydrogen-bond donors (Lipinski definition) is 4. The number of hydrazone groups is 1. The third kappa shape index (κ3) is 6.78. The molecular weight excluding hydrogens is 574 g/mol. The molecule has 0 radical (unpaired) electrons. The second-order valence-electron chi connectivity index (χ2n) is 8.15. The zero-order chi connectivity index (χ0) is 28.1. The van der Waals surface area contributed by atoms with Crippen LogP contribution in [0.2, 0.25) is 0 Å². The molecule has 0 aliphatic rings. The van der Waals surface area contributed by atoms with Crippen LogP contribution >= 0.6 is 15.9 Å². The van der Waals surface area contributed by atoms with Gasteiger partial charge in [-0.2, -0.15) is 20.1 Å². The van der Waals surface area contributed by atoms with E-state index in [9.17, 15) is 25.3 Å². The molecule has 0 saturated carbocycles. The Labute approximate surface area is 229 Å². The van der Waals surface area contributed by atoms with Gasteiger partial charge in [-0.05, 0) is 65.2 Å². The van der Waals surface area contributed by atoms with Gasteiger partial charge in [0.05, 0.1) is 20.5 Å². The Bertz CT molecular complexity index is 1600. The van der Waals surface area contributed by atoms with E-state index in [0.29, 0.717) is 5.69 Å². The monoisotopic (exact) mass is 593 g/mol. The van der Waals surface area contributed by atoms with Gasteiger partial charge in [0, 0.05) is 41.2 Å². The van der Waals surface area contributed by atoms with Crippen LogP contribution in [-0.4, -0.2) is 36.1 Å². The van der Waals surface area contributed by atoms with E-state index >= 15 is 0 Å². The zero-order valence-corrected chi connectivity index (χ0v) is 22.0. The van der Waals surface area contributed by atoms with E-state index in [1.54, 1.807) is 0 Å². The summed E-state index contributed by atoms with van der Waals surface area (Å²) in [6.07, 6.45) is 1.18. The Morgan fingerprint density at radius 3 is 2.03 bits per heavy atom. The molecule has 0 fully saturated rings. The quantitative estimate of drug-likeness (QED) is 0.105. The van der Waals surface area contributed by atoms with Gasteiger partial charge in [0.25, 0.3) is 11.4 Å². The van der Waals surface area contributed by atoms with E-state index in [-0.39, 0.29) is 45.0 Å². The molecule has 1 heterocycles. The number of aromatic nitrogens is 3. The summed E-state index contributed by atoms with van der Waals surface area (Å²) in [5, 5.41) is 42.4. The Morgan fingerprint density at radius 1 is 0.821 bits per heavy atom. The number of nitrogens with zero attached hydrogens (tertiary/aromatic N) is 6. The number of hydrogen-bond acceptors (Lipinski definition) is 12. The molecule has 4 N–H and O–H groups in total. The highest BCUT2D eigenvalue weighted by Gasteiger charge is 2.14. The van der Waals surface area contributed by atoms with Gasteiger partial charge in [0.15, 0.2) is 0 Å². The molecule has 4 rings (SSSR count). The number of nitrogens with one attached hydrogen (secondary N) is 3. The maximum atomic E-state index is 11.1. The molecule has 198 valence electrons. The Hall–Kier alpha value is -5.18. The molecule has 0 amide bonds. The van der Waals surface area contributed by atoms with Gasteiger partial charge in [0.1, 0.15) is 5.75 Å². The molecule has 15 heteroatoms. The van der Waals surface area contributed by atoms with Crippen molar-refractivity contribution < 1.29 is 15.0 Å². The van der Waals surface area contributed by atoms with Gasteiger partial charge in [-0.15, -0.1) is 0 Å². The normalized spacial score (nSPS) is 10.8. The summed E-state index contributed by atoms with van der Waals surface area (Å²) in [4.78, 5) is 33.9. The first-order valence-corrected chi connectivity index (χ1v) is 12.0. The molecule has 0 aliphatic heterocycles. The Morgan fingerprint density at radius 2 is 1.41 bits per heavy atom. The fourth-order valence-electron chi connectivity index (χ4n) is 3.25. The Balaban J connectivity index is 1.63. The largest absolute Gasteiger partial charge is 0.506 e. The summed E-state index contributed by atoms with van der Waals surface area (Å²) < 4.78 is 0.132. The van der Waals surface area contributed by atoms with Crippen LogP contribution in [0.1, 0.15) is 16.7 Å². The highest BCUT2D eigenvalue weighted by molar-refractivity contribution is 9.10. The predicted octanol–water partition coefficient (Wildman–Crippen LogP) is 5.71. The average Bonchev–Trinajstić information content (AvgIpc) is 2.88. The molecule has 3 aromatic carbocycles. The predicted molar refractivity (Wildman–Crippen MR) is 149 cm³/mol. The number of phenolic OH excluding ortho intramolecular Hbond substituents is 1. The highest BCUT2D eigenvalue weighted by atomic mass is 79.9. The van der Waals surface area contributed by atoms with Gasteiger partial charge in [0.2, 0.25) is 17.8 Å². The molecule has 0 atom stereocenters. The first-order chi connectivity index (χ1) is 18.6. The van der Waals surface area contributed by atoms with E-state index in [1.807, 2.05) is 32.0 Å². The molecule has 0 unspecified atom stereocenters. The standard InChI is InChI=1S/C24H20BrN9O5/c1-13-3-4-17(9-14(13)2)28-23-29-22(27-16-5-7-18(8-6-16)33(36)37)30-24(31-23)32-26-12-15-10-19(34(38)39)11-20(25)21(15)35/h3-12,35H,1-2H3,(H3,27,28,29,30,31,32)/b26-12-. The highest BCUT2D eigenvalue weighted by Crippen LogP contribution is 2.31. The van der Waals surface area contributed by atoms with Gasteiger partial charge in [-0.3, -0.25) is 20.2 Å². The number of non-ortho nitro benzene ring substituents is 2. The van der Waals surface area contributed by atoms with Crippen LogP contribution in [0.25, 0.3) is 0 Å². The third-order valence-electron chi connectivity index (χ3n) is 5.39. The number of nitro benzene ring substituents is 2. The van der Waals surface area contributed by atoms with E-state index < -0.39 is 9.85 Å². The third-order valence-corrected chi connectivity index (χ3v) is 5.99. The van der Waals surface area contributed by atoms with Crippen LogP contribution in [0.3, 0.4) is 0 Å². The first-order valence-electron chi connectivity index (χ1n) is 11.2. The molecule has 0 saturated heterocycles. The van der Waals surface area contributed by atoms with Crippen molar-refractivity contribution in [3.05, 3.63) is 96.0 Å². The number of rotatable bonds is 9. The zero-order valence-electron chi connectivity index (χ0n) is 20.4. The summed E-state index contributed by atoms with van der Waals surface area (Å²) in [6.45, 7) is 3.96. The van der Waals surface area contributed by atoms with E-state index in [1.165, 1.54) is 36.5 Å². The summed E-state index contributed by atoms with van der Waals surface area (Å²) in [7, 11) is 0. The van der Waals surface area contributed by atoms with Crippen LogP contribution in [0.5, 0.6) is 5.75 Å². The minimum atomic E-state index is -0.595. The smallest absolute Gasteiger partial charge is 0.271 e. The number of halogens is 1. The van der Waals surface area contributed by atoms with Crippen LogP contribution in [0.15, 0.2) is 64.2 Å². The van der Waals surface area contributed by atoms with Crippen molar-refractivity contribution in [1.82, 2.24) is 15.0 Å². The molecular formula is C24H20BrN9O5. The summed E-state index contributed by atoms with van der Waals surface area (Å²) in [6, 6.07) is 13.8. The first kappa shape index (κ1) is 26.9. The molecule has 4 aromatic rings. The van der Waals surface area contributed by atoms with Gasteiger partial charge < -0.3 is 15.7 Å². The van der Waals surface area contributed by atoms with Crippen molar-refractivity contribution in [3.8, 4) is 5.75 Å². The van der Waals surface area contributed by atoms with Crippen LogP contribution in [0, 0.1) is 34.1 Å². The minimum Gasteiger partial charge on any atom is -0.506 e. The molecule has 0 aliphatic carbocycles. The van der Waals surface area contributed by atoms with Crippen molar-refractivity contribution >= 4 is 62.7 Å². The Kier molecular flexibility index (Phi) is 7.90. The molecule has 0 spiro atoms. The average molecular weight is 594 g/mol. The number of nitro groups is 2. The molecule has 39 heavy (non-hydrogen) atoms. The summed E-state index contributed by atoms with van der Waals surface area (Å²) >= 11 is 3.08. The maximum absolute atomic E-state index is 11.1. The van der Waals surface area contributed by atoms with Gasteiger partial charge in [-0.1, -0.05) is 6.07 Å². The van der Waals surface area contributed by atoms with Crippen LogP contribution < -0.4 is 16.1 Å². The van der Waals surface area contributed by atoms with Crippen LogP contribution in [-0.2, 0) is 0 Å². The van der Waals surface area contributed by atoms with Gasteiger partial charge in [-0.25, -0.2) is 5.43 Å². The lowest BCUT2D eigenvalue weighted by Crippen LogP contribution is -2.07. The molecule has 0 bridgehead atoms. The van der Waals surface area contributed by atoms with Crippen molar-refractivity contribution in [3.63, 3.8) is 0 Å². The van der Waals surface area contributed by atoms with Crippen molar-refractivity contribution in [2.24, 2.45) is 5.10 Å². The maximum Gasteiger partial charge on any atom is 0.271 e. The minimum absolute atomic E-state index is 0.000909. The fraction of sp³-hybridized carbons (Fsp3) is 0.0833. The van der Waals surface area contributed by atoms with Crippen molar-refractivity contribution in [1.29, 1.82) is 0 Å². The molecule has 1 aromatic heterocycles. The van der Waals surface area contributed by atoms with E-state index in [2.05, 4.69) is 52.0 Å². The second-order valence-corrected chi connectivity index (χ2v) is 9.01. The van der Waals surface area contributed by atoms with Crippen molar-refractivity contribution in [2.75, 3.05) is 16.1 Å². The lowest BCUT2D eigenvalue weighted by Gasteiger charge is -2.11. The fourth-order valence-corrected chi connectivity index (χ4v) is 3.71. The SMILES string of the molecule is Cc1ccc(Nc2nc(N/N=C\c3cc([N+](=O)[O-])cc(Br)c3O)nc(Nc3ccc([N+](=O)[O-])cc3)n2)cc1C. The van der Waals surface area contributed by atoms with Gasteiger partial charge >= 0.3 is 0 Å². The summed E-state index contributed by atoms with van der Waals surface area (Å²) in [5.74, 6) is 0.0283. The lowest BCUT2D eigenvalue weighted by molar-refractivity contribution is -0.385. The van der Waals surface area contributed by atoms with E-state index in [4.69, 9.17) is 0 Å². The second kappa shape index (κ2) is 11.5. The molecule has 14 nitrogen and oxygen atoms in total. The van der Waals surface area contributed by atoms with Crippen molar-refractivity contribution in [2.45, 2.75) is 13.8 Å². The number of benzene rings is 3. The number of aryl methyl sites for hydroxylation is 2. The lowest BCUT2D eigenvalue weighted by atomic mass is 10.1.